The molecule has 0 bridgehead atoms. The maximum absolute atomic E-state index is 6.61. The monoisotopic (exact) mass is 581 g/mol. The largest absolute Gasteiger partial charge is 0.414 e. The van der Waals surface area contributed by atoms with Crippen molar-refractivity contribution in [1.29, 1.82) is 0 Å². The second kappa shape index (κ2) is 11.5. The van der Waals surface area contributed by atoms with Gasteiger partial charge in [-0.2, -0.15) is 0 Å². The molecule has 0 radical (unpaired) electrons. The van der Waals surface area contributed by atoms with Gasteiger partial charge in [-0.25, -0.2) is 0 Å². The normalized spacial score (nSPS) is 36.4. The second-order valence-electron chi connectivity index (χ2n) is 15.8. The minimum Gasteiger partial charge on any atom is -0.414 e. The summed E-state index contributed by atoms with van der Waals surface area (Å²) in [6, 6.07) is 10.4. The highest BCUT2D eigenvalue weighted by molar-refractivity contribution is 6.70. The van der Waals surface area contributed by atoms with Crippen LogP contribution in [0.15, 0.2) is 47.1 Å². The summed E-state index contributed by atoms with van der Waals surface area (Å²) in [6.07, 6.45) is 13.2. The van der Waals surface area contributed by atoms with Crippen molar-refractivity contribution < 1.29 is 13.7 Å². The second-order valence-corrected chi connectivity index (χ2v) is 24.7. The summed E-state index contributed by atoms with van der Waals surface area (Å²) >= 11 is 0. The average Bonchev–Trinajstić information content (AvgIpc) is 3.22. The van der Waals surface area contributed by atoms with Crippen LogP contribution in [0.3, 0.4) is 0 Å². The molecule has 7 atom stereocenters. The molecule has 0 aliphatic heterocycles. The van der Waals surface area contributed by atoms with E-state index in [2.05, 4.69) is 83.5 Å². The van der Waals surface area contributed by atoms with Crippen LogP contribution in [0.4, 0.5) is 0 Å². The molecular formula is C34H55NO3Si2. The fraction of sp³-hybridized carbons (Fsp3) is 0.735. The summed E-state index contributed by atoms with van der Waals surface area (Å²) in [4.78, 5) is 6.03. The maximum Gasteiger partial charge on any atom is 0.184 e. The molecule has 6 heteroatoms. The Kier molecular flexibility index (Phi) is 8.67. The first kappa shape index (κ1) is 30.2. The highest BCUT2D eigenvalue weighted by Gasteiger charge is 2.59. The van der Waals surface area contributed by atoms with Gasteiger partial charge in [-0.1, -0.05) is 61.0 Å². The van der Waals surface area contributed by atoms with Gasteiger partial charge >= 0.3 is 0 Å². The van der Waals surface area contributed by atoms with Crippen LogP contribution in [0, 0.1) is 34.5 Å². The zero-order valence-electron chi connectivity index (χ0n) is 26.6. The zero-order chi connectivity index (χ0) is 28.8. The van der Waals surface area contributed by atoms with E-state index in [1.807, 2.05) is 6.07 Å². The van der Waals surface area contributed by atoms with Crippen molar-refractivity contribution in [1.82, 2.24) is 0 Å². The lowest BCUT2D eigenvalue weighted by atomic mass is 9.47. The molecule has 0 aromatic heterocycles. The number of benzene rings is 1. The quantitative estimate of drug-likeness (QED) is 0.126. The molecular weight excluding hydrogens is 527 g/mol. The van der Waals surface area contributed by atoms with Gasteiger partial charge in [0.25, 0.3) is 0 Å². The molecule has 1 aromatic rings. The third kappa shape index (κ3) is 6.40. The molecule has 0 spiro atoms. The van der Waals surface area contributed by atoms with Crippen molar-refractivity contribution in [3.05, 3.63) is 47.5 Å². The smallest absolute Gasteiger partial charge is 0.184 e. The molecule has 0 amide bonds. The van der Waals surface area contributed by atoms with Crippen LogP contribution in [-0.4, -0.2) is 35.1 Å². The lowest BCUT2D eigenvalue weighted by Gasteiger charge is -2.58. The summed E-state index contributed by atoms with van der Waals surface area (Å²) < 4.78 is 13.1. The van der Waals surface area contributed by atoms with Gasteiger partial charge in [0.05, 0.1) is 12.3 Å². The predicted octanol–water partition coefficient (Wildman–Crippen LogP) is 9.21. The van der Waals surface area contributed by atoms with Gasteiger partial charge in [0.15, 0.2) is 16.6 Å². The summed E-state index contributed by atoms with van der Waals surface area (Å²) in [7, 11) is -3.18. The fourth-order valence-electron chi connectivity index (χ4n) is 9.02. The zero-order valence-corrected chi connectivity index (χ0v) is 28.6. The van der Waals surface area contributed by atoms with E-state index in [0.717, 1.165) is 35.4 Å². The Labute approximate surface area is 246 Å². The van der Waals surface area contributed by atoms with Crippen molar-refractivity contribution in [2.75, 3.05) is 6.61 Å². The van der Waals surface area contributed by atoms with E-state index in [-0.39, 0.29) is 5.41 Å². The van der Waals surface area contributed by atoms with E-state index in [4.69, 9.17) is 18.8 Å². The Morgan fingerprint density at radius 3 is 2.35 bits per heavy atom. The Morgan fingerprint density at radius 1 is 0.900 bits per heavy atom. The fourth-order valence-corrected chi connectivity index (χ4v) is 10.8. The average molecular weight is 582 g/mol. The first-order chi connectivity index (χ1) is 18.8. The Bertz CT molecular complexity index is 1090. The van der Waals surface area contributed by atoms with Gasteiger partial charge in [0.1, 0.15) is 6.61 Å². The first-order valence-electron chi connectivity index (χ1n) is 16.0. The van der Waals surface area contributed by atoms with Gasteiger partial charge in [0.2, 0.25) is 0 Å². The van der Waals surface area contributed by atoms with Gasteiger partial charge in [-0.15, -0.1) is 0 Å². The molecule has 4 aliphatic rings. The molecule has 1 unspecified atom stereocenters. The molecule has 0 N–H and O–H groups in total. The minimum atomic E-state index is -1.67. The van der Waals surface area contributed by atoms with E-state index in [9.17, 15) is 0 Å². The van der Waals surface area contributed by atoms with Gasteiger partial charge in [0, 0.05) is 12.0 Å². The minimum absolute atomic E-state index is 0.277. The third-order valence-corrected chi connectivity index (χ3v) is 12.9. The number of oxime groups is 1. The number of rotatable bonds is 9. The van der Waals surface area contributed by atoms with E-state index in [0.29, 0.717) is 30.7 Å². The number of allylic oxidation sites excluding steroid dienone is 1. The van der Waals surface area contributed by atoms with E-state index >= 15 is 0 Å². The molecule has 40 heavy (non-hydrogen) atoms. The highest BCUT2D eigenvalue weighted by Crippen LogP contribution is 2.66. The molecule has 0 saturated heterocycles. The van der Waals surface area contributed by atoms with E-state index in [1.165, 1.54) is 44.9 Å². The lowest BCUT2D eigenvalue weighted by molar-refractivity contribution is -0.0417. The molecule has 0 heterocycles. The van der Waals surface area contributed by atoms with Crippen LogP contribution in [-0.2, 0) is 20.3 Å². The van der Waals surface area contributed by atoms with Crippen LogP contribution in [0.2, 0.25) is 39.3 Å². The predicted molar refractivity (Wildman–Crippen MR) is 171 cm³/mol. The van der Waals surface area contributed by atoms with Crippen LogP contribution < -0.4 is 0 Å². The third-order valence-electron chi connectivity index (χ3n) is 10.9. The molecule has 3 fully saturated rings. The highest BCUT2D eigenvalue weighted by atomic mass is 28.4. The Hall–Kier alpha value is -1.22. The summed E-state index contributed by atoms with van der Waals surface area (Å²) in [5.41, 5.74) is 4.68. The molecule has 4 aliphatic carbocycles. The number of hydrogen-bond acceptors (Lipinski definition) is 4. The van der Waals surface area contributed by atoms with Crippen molar-refractivity contribution in [2.24, 2.45) is 39.7 Å². The van der Waals surface area contributed by atoms with Crippen LogP contribution in [0.1, 0.15) is 70.8 Å². The number of hydrogen-bond donors (Lipinski definition) is 0. The first-order valence-corrected chi connectivity index (χ1v) is 22.8. The van der Waals surface area contributed by atoms with E-state index < -0.39 is 16.6 Å². The molecule has 222 valence electrons. The van der Waals surface area contributed by atoms with E-state index in [1.54, 1.807) is 5.57 Å². The maximum atomic E-state index is 6.61. The lowest BCUT2D eigenvalue weighted by Crippen LogP contribution is -2.51. The van der Waals surface area contributed by atoms with Crippen LogP contribution >= 0.6 is 0 Å². The molecule has 4 nitrogen and oxygen atoms in total. The summed E-state index contributed by atoms with van der Waals surface area (Å²) in [5, 5.41) is 4.85. The molecule has 5 rings (SSSR count). The summed E-state index contributed by atoms with van der Waals surface area (Å²) in [6.45, 7) is 20.2. The molecule has 1 aromatic carbocycles. The SMILES string of the molecule is C[C@]12CC[C@H]3[C@@H](CC=C4CC(O[Si](C)(C)C)CC[C@@]43C)[C@@H]1CC[C@@H]2/C(CO[Si](C)(C)C)=N/OCc1ccccc1. The van der Waals surface area contributed by atoms with Crippen LogP contribution in [0.25, 0.3) is 0 Å². The number of fused-ring (bicyclic) bond motifs is 5. The standard InChI is InChI=1S/C34H55NO3Si2/c1-33-20-18-27(38-40(6,7)8)22-26(33)14-15-28-29-16-17-31(34(29,2)21-19-30(28)33)32(24-37-39(3,4)5)35-36-23-25-12-10-9-11-13-25/h9-14,27-31H,15-24H2,1-8H3/b35-32+/t27?,28-,29-,30-,31+,33-,34-/m0/s1. The topological polar surface area (TPSA) is 40.0 Å². The van der Waals surface area contributed by atoms with Gasteiger partial charge < -0.3 is 13.7 Å². The van der Waals surface area contributed by atoms with Crippen LogP contribution in [0.5, 0.6) is 0 Å². The van der Waals surface area contributed by atoms with Crippen molar-refractivity contribution in [3.8, 4) is 0 Å². The van der Waals surface area contributed by atoms with Gasteiger partial charge in [-0.05, 0) is 125 Å². The van der Waals surface area contributed by atoms with Crippen molar-refractivity contribution >= 4 is 22.3 Å². The van der Waals surface area contributed by atoms with Gasteiger partial charge in [-0.3, -0.25) is 0 Å². The Morgan fingerprint density at radius 2 is 1.65 bits per heavy atom. The molecule has 3 saturated carbocycles. The Balaban J connectivity index is 1.34. The van der Waals surface area contributed by atoms with Crippen molar-refractivity contribution in [2.45, 2.75) is 117 Å². The number of nitrogens with zero attached hydrogens (tertiary/aromatic N) is 1. The van der Waals surface area contributed by atoms with Crippen molar-refractivity contribution in [3.63, 3.8) is 0 Å². The summed E-state index contributed by atoms with van der Waals surface area (Å²) in [5.74, 6) is 2.80.